The summed E-state index contributed by atoms with van der Waals surface area (Å²) in [5, 5.41) is 5.81. The molecule has 0 saturated carbocycles. The third-order valence-electron chi connectivity index (χ3n) is 4.60. The molecule has 0 aromatic heterocycles. The molecule has 1 heterocycles. The van der Waals surface area contributed by atoms with Gasteiger partial charge in [0.05, 0.1) is 5.92 Å². The van der Waals surface area contributed by atoms with E-state index >= 15 is 0 Å². The Kier molecular flexibility index (Phi) is 7.25. The molecule has 1 fully saturated rings. The lowest BCUT2D eigenvalue weighted by Gasteiger charge is -2.18. The van der Waals surface area contributed by atoms with Gasteiger partial charge in [-0.15, -0.1) is 0 Å². The van der Waals surface area contributed by atoms with Crippen LogP contribution in [0.15, 0.2) is 24.3 Å². The molecule has 0 bridgehead atoms. The second-order valence-electron chi connectivity index (χ2n) is 6.50. The molecule has 1 aliphatic heterocycles. The smallest absolute Gasteiger partial charge is 0.317 e. The van der Waals surface area contributed by atoms with E-state index in [9.17, 15) is 9.59 Å². The third-order valence-corrected chi connectivity index (χ3v) is 4.60. The number of likely N-dealkylation sites (tertiary alicyclic amines) is 1. The highest BCUT2D eigenvalue weighted by atomic mass is 16.5. The summed E-state index contributed by atoms with van der Waals surface area (Å²) in [6.07, 6.45) is 0.782. The van der Waals surface area contributed by atoms with E-state index in [4.69, 9.17) is 4.74 Å². The van der Waals surface area contributed by atoms with E-state index in [1.807, 2.05) is 13.8 Å². The summed E-state index contributed by atoms with van der Waals surface area (Å²) in [5.41, 5.74) is 2.29. The van der Waals surface area contributed by atoms with Gasteiger partial charge in [0.25, 0.3) is 0 Å². The van der Waals surface area contributed by atoms with Gasteiger partial charge in [0, 0.05) is 45.8 Å². The molecule has 0 radical (unpaired) electrons. The number of carbonyl (C=O) groups excluding carboxylic acids is 2. The highest BCUT2D eigenvalue weighted by molar-refractivity contribution is 5.82. The number of methoxy groups -OCH3 is 1. The van der Waals surface area contributed by atoms with Crippen molar-refractivity contribution in [2.24, 2.45) is 5.92 Å². The monoisotopic (exact) mass is 347 g/mol. The number of carbonyl (C=O) groups is 2. The standard InChI is InChI=1S/C19H29N3O3/c1-4-20-19(24)22-12-16(15-8-6-14(2)7-9-15)17(13-22)18(23)21-10-5-11-25-3/h6-9,16-17H,4-5,10-13H2,1-3H3,(H,20,24)(H,21,23)/t16-,17-/m0/s1. The number of amides is 3. The van der Waals surface area contributed by atoms with Crippen LogP contribution in [-0.4, -0.2) is 56.7 Å². The van der Waals surface area contributed by atoms with Gasteiger partial charge in [-0.1, -0.05) is 29.8 Å². The quantitative estimate of drug-likeness (QED) is 0.740. The van der Waals surface area contributed by atoms with Gasteiger partial charge < -0.3 is 20.3 Å². The minimum Gasteiger partial charge on any atom is -0.385 e. The van der Waals surface area contributed by atoms with E-state index in [2.05, 4.69) is 34.9 Å². The third kappa shape index (κ3) is 5.19. The van der Waals surface area contributed by atoms with Gasteiger partial charge in [-0.05, 0) is 25.8 Å². The lowest BCUT2D eigenvalue weighted by Crippen LogP contribution is -2.40. The number of hydrogen-bond donors (Lipinski definition) is 2. The zero-order valence-corrected chi connectivity index (χ0v) is 15.4. The Balaban J connectivity index is 2.09. The predicted molar refractivity (Wildman–Crippen MR) is 97.6 cm³/mol. The maximum Gasteiger partial charge on any atom is 0.317 e. The lowest BCUT2D eigenvalue weighted by atomic mass is 9.88. The first-order valence-electron chi connectivity index (χ1n) is 8.92. The number of aryl methyl sites for hydroxylation is 1. The maximum atomic E-state index is 12.7. The molecule has 2 N–H and O–H groups in total. The number of benzene rings is 1. The van der Waals surface area contributed by atoms with E-state index in [1.54, 1.807) is 12.0 Å². The van der Waals surface area contributed by atoms with Crippen molar-refractivity contribution >= 4 is 11.9 Å². The number of ether oxygens (including phenoxy) is 1. The fourth-order valence-corrected chi connectivity index (χ4v) is 3.21. The van der Waals surface area contributed by atoms with Crippen LogP contribution in [0.4, 0.5) is 4.79 Å². The molecule has 2 atom stereocenters. The summed E-state index contributed by atoms with van der Waals surface area (Å²) in [4.78, 5) is 26.6. The van der Waals surface area contributed by atoms with E-state index in [-0.39, 0.29) is 23.8 Å². The Morgan fingerprint density at radius 3 is 2.56 bits per heavy atom. The zero-order chi connectivity index (χ0) is 18.2. The molecule has 6 heteroatoms. The van der Waals surface area contributed by atoms with Crippen molar-refractivity contribution in [2.45, 2.75) is 26.2 Å². The van der Waals surface area contributed by atoms with Crippen molar-refractivity contribution in [1.82, 2.24) is 15.5 Å². The van der Waals surface area contributed by atoms with Gasteiger partial charge in [-0.25, -0.2) is 4.79 Å². The highest BCUT2D eigenvalue weighted by Gasteiger charge is 2.40. The second-order valence-corrected chi connectivity index (χ2v) is 6.50. The van der Waals surface area contributed by atoms with Gasteiger partial charge in [0.2, 0.25) is 5.91 Å². The molecule has 1 aromatic rings. The van der Waals surface area contributed by atoms with Gasteiger partial charge in [0.15, 0.2) is 0 Å². The first kappa shape index (κ1) is 19.2. The molecule has 6 nitrogen and oxygen atoms in total. The first-order chi connectivity index (χ1) is 12.1. The van der Waals surface area contributed by atoms with Crippen LogP contribution in [0, 0.1) is 12.8 Å². The van der Waals surface area contributed by atoms with Crippen LogP contribution in [0.1, 0.15) is 30.4 Å². The highest BCUT2D eigenvalue weighted by Crippen LogP contribution is 2.33. The molecule has 1 saturated heterocycles. The van der Waals surface area contributed by atoms with Gasteiger partial charge >= 0.3 is 6.03 Å². The first-order valence-corrected chi connectivity index (χ1v) is 8.92. The van der Waals surface area contributed by atoms with Gasteiger partial charge in [-0.2, -0.15) is 0 Å². The molecule has 138 valence electrons. The number of rotatable bonds is 7. The number of hydrogen-bond acceptors (Lipinski definition) is 3. The Labute approximate surface area is 149 Å². The number of nitrogens with one attached hydrogen (secondary N) is 2. The zero-order valence-electron chi connectivity index (χ0n) is 15.4. The van der Waals surface area contributed by atoms with Crippen molar-refractivity contribution in [3.8, 4) is 0 Å². The average molecular weight is 347 g/mol. The molecule has 0 spiro atoms. The molecule has 0 aliphatic carbocycles. The summed E-state index contributed by atoms with van der Waals surface area (Å²) >= 11 is 0. The topological polar surface area (TPSA) is 70.7 Å². The summed E-state index contributed by atoms with van der Waals surface area (Å²) in [6, 6.07) is 8.13. The summed E-state index contributed by atoms with van der Waals surface area (Å²) in [5.74, 6) is -0.202. The number of urea groups is 1. The average Bonchev–Trinajstić information content (AvgIpc) is 3.05. The summed E-state index contributed by atoms with van der Waals surface area (Å²) < 4.78 is 5.01. The van der Waals surface area contributed by atoms with Crippen LogP contribution in [-0.2, 0) is 9.53 Å². The summed E-state index contributed by atoms with van der Waals surface area (Å²) in [6.45, 7) is 6.73. The summed E-state index contributed by atoms with van der Waals surface area (Å²) in [7, 11) is 1.65. The maximum absolute atomic E-state index is 12.7. The van der Waals surface area contributed by atoms with Crippen LogP contribution < -0.4 is 10.6 Å². The predicted octanol–water partition coefficient (Wildman–Crippen LogP) is 1.89. The van der Waals surface area contributed by atoms with E-state index in [0.29, 0.717) is 32.8 Å². The Morgan fingerprint density at radius 1 is 1.20 bits per heavy atom. The minimum absolute atomic E-state index is 0.00785. The molecular formula is C19H29N3O3. The Bertz CT molecular complexity index is 574. The lowest BCUT2D eigenvalue weighted by molar-refractivity contribution is -0.124. The Hall–Kier alpha value is -2.08. The molecule has 3 amide bonds. The SMILES string of the molecule is CCNC(=O)N1C[C@H](C(=O)NCCCOC)[C@H](c2ccc(C)cc2)C1. The normalized spacial score (nSPS) is 19.7. The molecular weight excluding hydrogens is 318 g/mol. The van der Waals surface area contributed by atoms with Gasteiger partial charge in [0.1, 0.15) is 0 Å². The van der Waals surface area contributed by atoms with E-state index in [0.717, 1.165) is 12.0 Å². The van der Waals surface area contributed by atoms with E-state index in [1.165, 1.54) is 5.56 Å². The second kappa shape index (κ2) is 9.42. The fourth-order valence-electron chi connectivity index (χ4n) is 3.21. The van der Waals surface area contributed by atoms with Crippen LogP contribution in [0.25, 0.3) is 0 Å². The number of nitrogens with zero attached hydrogens (tertiary/aromatic N) is 1. The largest absolute Gasteiger partial charge is 0.385 e. The van der Waals surface area contributed by atoms with E-state index < -0.39 is 0 Å². The van der Waals surface area contributed by atoms with Gasteiger partial charge in [-0.3, -0.25) is 4.79 Å². The molecule has 25 heavy (non-hydrogen) atoms. The van der Waals surface area contributed by atoms with Crippen molar-refractivity contribution < 1.29 is 14.3 Å². The van der Waals surface area contributed by atoms with Crippen LogP contribution >= 0.6 is 0 Å². The molecule has 1 aromatic carbocycles. The molecule has 1 aliphatic rings. The molecule has 0 unspecified atom stereocenters. The Morgan fingerprint density at radius 2 is 1.92 bits per heavy atom. The van der Waals surface area contributed by atoms with Crippen LogP contribution in [0.2, 0.25) is 0 Å². The van der Waals surface area contributed by atoms with Crippen molar-refractivity contribution in [3.05, 3.63) is 35.4 Å². The fraction of sp³-hybridized carbons (Fsp3) is 0.579. The van der Waals surface area contributed by atoms with Crippen molar-refractivity contribution in [1.29, 1.82) is 0 Å². The van der Waals surface area contributed by atoms with Crippen molar-refractivity contribution in [3.63, 3.8) is 0 Å². The van der Waals surface area contributed by atoms with Crippen LogP contribution in [0.5, 0.6) is 0 Å². The minimum atomic E-state index is -0.229. The molecule has 2 rings (SSSR count). The van der Waals surface area contributed by atoms with Crippen molar-refractivity contribution in [2.75, 3.05) is 39.9 Å². The van der Waals surface area contributed by atoms with Crippen LogP contribution in [0.3, 0.4) is 0 Å².